The van der Waals surface area contributed by atoms with Gasteiger partial charge in [0.15, 0.2) is 11.6 Å². The van der Waals surface area contributed by atoms with E-state index >= 15 is 0 Å². The van der Waals surface area contributed by atoms with Gasteiger partial charge in [0, 0.05) is 38.3 Å². The van der Waals surface area contributed by atoms with E-state index in [1.54, 1.807) is 11.8 Å². The lowest BCUT2D eigenvalue weighted by molar-refractivity contribution is -0.134. The zero-order valence-corrected chi connectivity index (χ0v) is 14.8. The zero-order chi connectivity index (χ0) is 19.6. The van der Waals surface area contributed by atoms with Crippen molar-refractivity contribution in [1.82, 2.24) is 19.6 Å². The van der Waals surface area contributed by atoms with Crippen LogP contribution in [0.15, 0.2) is 24.3 Å². The smallest absolute Gasteiger partial charge is 0.280 e. The van der Waals surface area contributed by atoms with Crippen LogP contribution in [0.25, 0.3) is 0 Å². The first-order valence-corrected chi connectivity index (χ1v) is 8.60. The van der Waals surface area contributed by atoms with Crippen molar-refractivity contribution in [2.45, 2.75) is 26.4 Å². The maximum atomic E-state index is 13.8. The Morgan fingerprint density at radius 2 is 1.89 bits per heavy atom. The summed E-state index contributed by atoms with van der Waals surface area (Å²) in [5.41, 5.74) is 0.421. The molecular weight excluding hydrogens is 364 g/mol. The third-order valence-electron chi connectivity index (χ3n) is 4.59. The Labute approximate surface area is 154 Å². The maximum Gasteiger partial charge on any atom is 0.280 e. The summed E-state index contributed by atoms with van der Waals surface area (Å²) in [6.07, 6.45) is -2.70. The number of carbonyl (C=O) groups excluding carboxylic acids is 1. The molecule has 27 heavy (non-hydrogen) atoms. The third-order valence-corrected chi connectivity index (χ3v) is 4.59. The lowest BCUT2D eigenvalue weighted by Gasteiger charge is -2.34. The van der Waals surface area contributed by atoms with Gasteiger partial charge in [-0.1, -0.05) is 12.1 Å². The minimum Gasteiger partial charge on any atom is -0.339 e. The highest BCUT2D eigenvalue weighted by Gasteiger charge is 2.24. The predicted octanol–water partition coefficient (Wildman–Crippen LogP) is 2.75. The highest BCUT2D eigenvalue weighted by Crippen LogP contribution is 2.20. The van der Waals surface area contributed by atoms with Gasteiger partial charge >= 0.3 is 0 Å². The molecule has 1 aromatic heterocycles. The highest BCUT2D eigenvalue weighted by molar-refractivity contribution is 5.76. The number of hydrogen-bond acceptors (Lipinski definition) is 3. The molecule has 1 fully saturated rings. The molecule has 2 aromatic rings. The lowest BCUT2D eigenvalue weighted by atomic mass is 10.1. The lowest BCUT2D eigenvalue weighted by Crippen LogP contribution is -2.49. The molecule has 0 bridgehead atoms. The molecule has 0 saturated carbocycles. The Hall–Kier alpha value is -2.42. The molecular formula is C18H20F4N4O. The summed E-state index contributed by atoms with van der Waals surface area (Å²) in [6.45, 7) is 3.35. The fourth-order valence-electron chi connectivity index (χ4n) is 3.16. The molecule has 1 aliphatic heterocycles. The standard InChI is InChI=1S/C18H20F4N4O/c1-12-9-15(18(21)22)26(23-12)11-16(27)25-7-5-24(6-8-25)10-13-3-2-4-14(19)17(13)20/h2-4,9,18H,5-8,10-11H2,1H3. The molecule has 5 nitrogen and oxygen atoms in total. The average Bonchev–Trinajstić information content (AvgIpc) is 3.00. The van der Waals surface area contributed by atoms with E-state index in [9.17, 15) is 22.4 Å². The van der Waals surface area contributed by atoms with Gasteiger partial charge in [0.05, 0.1) is 5.69 Å². The Morgan fingerprint density at radius 3 is 2.56 bits per heavy atom. The number of aryl methyl sites for hydroxylation is 1. The molecule has 0 atom stereocenters. The number of hydrogen-bond donors (Lipinski definition) is 0. The number of benzene rings is 1. The maximum absolute atomic E-state index is 13.8. The topological polar surface area (TPSA) is 41.4 Å². The van der Waals surface area contributed by atoms with E-state index in [0.717, 1.165) is 10.7 Å². The summed E-state index contributed by atoms with van der Waals surface area (Å²) < 4.78 is 54.1. The van der Waals surface area contributed by atoms with Crippen LogP contribution in [0.5, 0.6) is 0 Å². The van der Waals surface area contributed by atoms with Gasteiger partial charge in [-0.25, -0.2) is 17.6 Å². The molecule has 0 unspecified atom stereocenters. The van der Waals surface area contributed by atoms with Crippen molar-refractivity contribution in [1.29, 1.82) is 0 Å². The molecule has 0 aliphatic carbocycles. The second-order valence-electron chi connectivity index (χ2n) is 6.54. The number of carbonyl (C=O) groups is 1. The van der Waals surface area contributed by atoms with E-state index in [-0.39, 0.29) is 30.3 Å². The van der Waals surface area contributed by atoms with Gasteiger partial charge in [0.25, 0.3) is 6.43 Å². The van der Waals surface area contributed by atoms with Gasteiger partial charge in [-0.15, -0.1) is 0 Å². The van der Waals surface area contributed by atoms with Crippen molar-refractivity contribution >= 4 is 5.91 Å². The monoisotopic (exact) mass is 384 g/mol. The molecule has 1 saturated heterocycles. The summed E-state index contributed by atoms with van der Waals surface area (Å²) in [5.74, 6) is -2.04. The summed E-state index contributed by atoms with van der Waals surface area (Å²) in [5, 5.41) is 3.96. The molecule has 1 aromatic carbocycles. The summed E-state index contributed by atoms with van der Waals surface area (Å²) >= 11 is 0. The van der Waals surface area contributed by atoms with Gasteiger partial charge in [-0.3, -0.25) is 14.4 Å². The molecule has 2 heterocycles. The van der Waals surface area contributed by atoms with Crippen molar-refractivity contribution in [2.75, 3.05) is 26.2 Å². The van der Waals surface area contributed by atoms with Crippen molar-refractivity contribution < 1.29 is 22.4 Å². The van der Waals surface area contributed by atoms with Crippen LogP contribution >= 0.6 is 0 Å². The van der Waals surface area contributed by atoms with E-state index in [1.165, 1.54) is 18.2 Å². The quantitative estimate of drug-likeness (QED) is 0.745. The molecule has 0 N–H and O–H groups in total. The minimum atomic E-state index is -2.70. The number of piperazine rings is 1. The number of aromatic nitrogens is 2. The van der Waals surface area contributed by atoms with Gasteiger partial charge in [-0.05, 0) is 19.1 Å². The van der Waals surface area contributed by atoms with Crippen molar-refractivity contribution in [3.05, 3.63) is 52.9 Å². The summed E-state index contributed by atoms with van der Waals surface area (Å²) in [7, 11) is 0. The molecule has 9 heteroatoms. The first kappa shape index (κ1) is 19.3. The number of nitrogens with zero attached hydrogens (tertiary/aromatic N) is 4. The van der Waals surface area contributed by atoms with Gasteiger partial charge in [0.2, 0.25) is 5.91 Å². The van der Waals surface area contributed by atoms with Crippen LogP contribution < -0.4 is 0 Å². The predicted molar refractivity (Wildman–Crippen MR) is 90.1 cm³/mol. The molecule has 146 valence electrons. The molecule has 0 spiro atoms. The van der Waals surface area contributed by atoms with E-state index < -0.39 is 18.1 Å². The van der Waals surface area contributed by atoms with Crippen LogP contribution in [0.3, 0.4) is 0 Å². The largest absolute Gasteiger partial charge is 0.339 e. The van der Waals surface area contributed by atoms with Crippen LogP contribution in [-0.4, -0.2) is 51.7 Å². The molecule has 1 aliphatic rings. The van der Waals surface area contributed by atoms with Crippen molar-refractivity contribution in [2.24, 2.45) is 0 Å². The number of rotatable bonds is 5. The van der Waals surface area contributed by atoms with Crippen molar-refractivity contribution in [3.8, 4) is 0 Å². The SMILES string of the molecule is Cc1cc(C(F)F)n(CC(=O)N2CCN(Cc3cccc(F)c3F)CC2)n1. The zero-order valence-electron chi connectivity index (χ0n) is 14.8. The molecule has 0 radical (unpaired) electrons. The Kier molecular flexibility index (Phi) is 5.79. The van der Waals surface area contributed by atoms with Gasteiger partial charge in [0.1, 0.15) is 12.2 Å². The van der Waals surface area contributed by atoms with Crippen LogP contribution in [-0.2, 0) is 17.9 Å². The van der Waals surface area contributed by atoms with Crippen LogP contribution in [0.2, 0.25) is 0 Å². The fraction of sp³-hybridized carbons (Fsp3) is 0.444. The first-order chi connectivity index (χ1) is 12.8. The molecule has 3 rings (SSSR count). The van der Waals surface area contributed by atoms with Crippen LogP contribution in [0.1, 0.15) is 23.4 Å². The van der Waals surface area contributed by atoms with E-state index in [2.05, 4.69) is 5.10 Å². The molecule has 1 amide bonds. The Morgan fingerprint density at radius 1 is 1.19 bits per heavy atom. The second kappa shape index (κ2) is 8.08. The summed E-state index contributed by atoms with van der Waals surface area (Å²) in [6, 6.07) is 5.32. The third kappa shape index (κ3) is 4.47. The Balaban J connectivity index is 1.56. The van der Waals surface area contributed by atoms with Gasteiger partial charge < -0.3 is 4.90 Å². The number of alkyl halides is 2. The van der Waals surface area contributed by atoms with Gasteiger partial charge in [-0.2, -0.15) is 5.10 Å². The van der Waals surface area contributed by atoms with Crippen LogP contribution in [0.4, 0.5) is 17.6 Å². The van der Waals surface area contributed by atoms with E-state index in [4.69, 9.17) is 0 Å². The van der Waals surface area contributed by atoms with E-state index in [1.807, 2.05) is 4.90 Å². The average molecular weight is 384 g/mol. The van der Waals surface area contributed by atoms with Crippen molar-refractivity contribution in [3.63, 3.8) is 0 Å². The Bertz CT molecular complexity index is 816. The second-order valence-corrected chi connectivity index (χ2v) is 6.54. The highest BCUT2D eigenvalue weighted by atomic mass is 19.3. The minimum absolute atomic E-state index is 0.244. The normalized spacial score (nSPS) is 15.6. The number of amides is 1. The summed E-state index contributed by atoms with van der Waals surface area (Å²) in [4.78, 5) is 15.9. The van der Waals surface area contributed by atoms with E-state index in [0.29, 0.717) is 31.9 Å². The number of halogens is 4. The van der Waals surface area contributed by atoms with Crippen LogP contribution in [0, 0.1) is 18.6 Å². The fourth-order valence-corrected chi connectivity index (χ4v) is 3.16. The first-order valence-electron chi connectivity index (χ1n) is 8.60.